The van der Waals surface area contributed by atoms with Gasteiger partial charge in [-0.25, -0.2) is 0 Å². The molecule has 0 bridgehead atoms. The van der Waals surface area contributed by atoms with E-state index in [0.29, 0.717) is 5.56 Å². The Kier molecular flexibility index (Phi) is 4.56. The smallest absolute Gasteiger partial charge is 0.255 e. The number of aryl methyl sites for hydroxylation is 2. The zero-order valence-electron chi connectivity index (χ0n) is 9.30. The van der Waals surface area contributed by atoms with Crippen molar-refractivity contribution in [3.63, 3.8) is 0 Å². The fourth-order valence-electron chi connectivity index (χ4n) is 1.46. The molecular formula is C10H16IN3O. The molecule has 1 amide bonds. The van der Waals surface area contributed by atoms with Crippen molar-refractivity contribution < 1.29 is 4.79 Å². The summed E-state index contributed by atoms with van der Waals surface area (Å²) in [5, 5.41) is 7.11. The summed E-state index contributed by atoms with van der Waals surface area (Å²) in [5.41, 5.74) is 2.42. The zero-order valence-corrected chi connectivity index (χ0v) is 11.5. The number of hydrogen-bond donors (Lipinski definition) is 1. The number of carbonyl (C=O) groups excluding carboxylic acids is 1. The van der Waals surface area contributed by atoms with Crippen LogP contribution in [0, 0.1) is 13.8 Å². The van der Waals surface area contributed by atoms with Gasteiger partial charge in [-0.15, -0.1) is 0 Å². The molecular weight excluding hydrogens is 305 g/mol. The summed E-state index contributed by atoms with van der Waals surface area (Å²) < 4.78 is 2.80. The highest BCUT2D eigenvalue weighted by Gasteiger charge is 2.16. The second kappa shape index (κ2) is 5.48. The van der Waals surface area contributed by atoms with Gasteiger partial charge in [0.15, 0.2) is 0 Å². The van der Waals surface area contributed by atoms with Crippen molar-refractivity contribution in [2.24, 2.45) is 7.05 Å². The Morgan fingerprint density at radius 3 is 2.67 bits per heavy atom. The van der Waals surface area contributed by atoms with E-state index in [2.05, 4.69) is 33.0 Å². The lowest BCUT2D eigenvalue weighted by Gasteiger charge is -2.03. The van der Waals surface area contributed by atoms with Crippen LogP contribution < -0.4 is 5.32 Å². The summed E-state index contributed by atoms with van der Waals surface area (Å²) in [6.45, 7) is 4.50. The standard InChI is InChI=1S/C10H16IN3O/c1-7-9(8(2)14(3)13-7)10(15)12-6-4-5-11/h4-6H2,1-3H3,(H,12,15). The molecule has 0 aliphatic carbocycles. The quantitative estimate of drug-likeness (QED) is 0.520. The molecule has 1 aromatic rings. The number of nitrogens with one attached hydrogen (secondary N) is 1. The molecule has 1 aromatic heterocycles. The second-order valence-electron chi connectivity index (χ2n) is 3.47. The average molecular weight is 321 g/mol. The molecule has 0 fully saturated rings. The summed E-state index contributed by atoms with van der Waals surface area (Å²) in [4.78, 5) is 11.8. The van der Waals surface area contributed by atoms with E-state index in [1.54, 1.807) is 4.68 Å². The normalized spacial score (nSPS) is 10.4. The zero-order chi connectivity index (χ0) is 11.4. The van der Waals surface area contributed by atoms with E-state index >= 15 is 0 Å². The van der Waals surface area contributed by atoms with Crippen LogP contribution >= 0.6 is 22.6 Å². The SMILES string of the molecule is Cc1nn(C)c(C)c1C(=O)NCCCI. The van der Waals surface area contributed by atoms with Crippen LogP contribution in [0.4, 0.5) is 0 Å². The maximum absolute atomic E-state index is 11.8. The summed E-state index contributed by atoms with van der Waals surface area (Å²) in [6, 6.07) is 0. The fourth-order valence-corrected chi connectivity index (χ4v) is 1.84. The molecule has 0 unspecified atom stereocenters. The molecule has 5 heteroatoms. The first-order valence-corrected chi connectivity index (χ1v) is 6.44. The van der Waals surface area contributed by atoms with Crippen molar-refractivity contribution in [1.82, 2.24) is 15.1 Å². The van der Waals surface area contributed by atoms with Gasteiger partial charge in [0, 0.05) is 23.7 Å². The summed E-state index contributed by atoms with van der Waals surface area (Å²) >= 11 is 2.30. The molecule has 1 heterocycles. The molecule has 0 spiro atoms. The Labute approximate surface area is 104 Å². The van der Waals surface area contributed by atoms with Gasteiger partial charge < -0.3 is 5.32 Å². The molecule has 1 rings (SSSR count). The molecule has 0 saturated heterocycles. The van der Waals surface area contributed by atoms with Crippen molar-refractivity contribution in [3.8, 4) is 0 Å². The Morgan fingerprint density at radius 2 is 2.20 bits per heavy atom. The number of alkyl halides is 1. The Balaban J connectivity index is 2.73. The minimum atomic E-state index is -0.0112. The third-order valence-electron chi connectivity index (χ3n) is 2.33. The highest BCUT2D eigenvalue weighted by atomic mass is 127. The lowest BCUT2D eigenvalue weighted by Crippen LogP contribution is -2.25. The molecule has 0 saturated carbocycles. The van der Waals surface area contributed by atoms with Crippen LogP contribution in [0.3, 0.4) is 0 Å². The van der Waals surface area contributed by atoms with Gasteiger partial charge in [0.2, 0.25) is 0 Å². The van der Waals surface area contributed by atoms with E-state index < -0.39 is 0 Å². The Bertz CT molecular complexity index is 360. The summed E-state index contributed by atoms with van der Waals surface area (Å²) in [6.07, 6.45) is 1.00. The second-order valence-corrected chi connectivity index (χ2v) is 4.55. The van der Waals surface area contributed by atoms with E-state index in [1.165, 1.54) is 0 Å². The first-order chi connectivity index (χ1) is 7.07. The van der Waals surface area contributed by atoms with Crippen molar-refractivity contribution >= 4 is 28.5 Å². The van der Waals surface area contributed by atoms with E-state index in [4.69, 9.17) is 0 Å². The summed E-state index contributed by atoms with van der Waals surface area (Å²) in [7, 11) is 1.85. The van der Waals surface area contributed by atoms with Gasteiger partial charge in [-0.05, 0) is 20.3 Å². The molecule has 0 aliphatic heterocycles. The van der Waals surface area contributed by atoms with Gasteiger partial charge >= 0.3 is 0 Å². The molecule has 0 aliphatic rings. The maximum atomic E-state index is 11.8. The number of hydrogen-bond acceptors (Lipinski definition) is 2. The van der Waals surface area contributed by atoms with E-state index in [1.807, 2.05) is 20.9 Å². The maximum Gasteiger partial charge on any atom is 0.255 e. The van der Waals surface area contributed by atoms with Crippen LogP contribution in [0.1, 0.15) is 28.2 Å². The van der Waals surface area contributed by atoms with Crippen molar-refractivity contribution in [2.75, 3.05) is 11.0 Å². The van der Waals surface area contributed by atoms with Crippen molar-refractivity contribution in [1.29, 1.82) is 0 Å². The minimum absolute atomic E-state index is 0.0112. The van der Waals surface area contributed by atoms with Crippen LogP contribution in [-0.4, -0.2) is 26.7 Å². The van der Waals surface area contributed by atoms with Crippen LogP contribution in [0.15, 0.2) is 0 Å². The minimum Gasteiger partial charge on any atom is -0.352 e. The molecule has 84 valence electrons. The van der Waals surface area contributed by atoms with Gasteiger partial charge in [0.05, 0.1) is 11.3 Å². The van der Waals surface area contributed by atoms with Gasteiger partial charge in [-0.3, -0.25) is 9.48 Å². The molecule has 4 nitrogen and oxygen atoms in total. The van der Waals surface area contributed by atoms with Crippen molar-refractivity contribution in [3.05, 3.63) is 17.0 Å². The largest absolute Gasteiger partial charge is 0.352 e. The Morgan fingerprint density at radius 1 is 1.53 bits per heavy atom. The van der Waals surface area contributed by atoms with Crippen molar-refractivity contribution in [2.45, 2.75) is 20.3 Å². The first-order valence-electron chi connectivity index (χ1n) is 4.92. The molecule has 0 radical (unpaired) electrons. The van der Waals surface area contributed by atoms with E-state index in [0.717, 1.165) is 28.8 Å². The number of carbonyl (C=O) groups is 1. The molecule has 0 aromatic carbocycles. The number of aromatic nitrogens is 2. The third-order valence-corrected chi connectivity index (χ3v) is 3.09. The third kappa shape index (κ3) is 2.93. The van der Waals surface area contributed by atoms with Gasteiger partial charge in [0.1, 0.15) is 0 Å². The van der Waals surface area contributed by atoms with E-state index in [-0.39, 0.29) is 5.91 Å². The predicted molar refractivity (Wildman–Crippen MR) is 68.5 cm³/mol. The monoisotopic (exact) mass is 321 g/mol. The van der Waals surface area contributed by atoms with Crippen LogP contribution in [0.25, 0.3) is 0 Å². The van der Waals surface area contributed by atoms with Crippen LogP contribution in [-0.2, 0) is 7.05 Å². The van der Waals surface area contributed by atoms with Gasteiger partial charge in [-0.1, -0.05) is 22.6 Å². The number of amides is 1. The predicted octanol–water partition coefficient (Wildman–Crippen LogP) is 1.59. The molecule has 15 heavy (non-hydrogen) atoms. The Hall–Kier alpha value is -0.590. The first kappa shape index (κ1) is 12.5. The van der Waals surface area contributed by atoms with Gasteiger partial charge in [0.25, 0.3) is 5.91 Å². The number of halogens is 1. The average Bonchev–Trinajstić information content (AvgIpc) is 2.41. The lowest BCUT2D eigenvalue weighted by molar-refractivity contribution is 0.0952. The van der Waals surface area contributed by atoms with Crippen LogP contribution in [0.5, 0.6) is 0 Å². The lowest BCUT2D eigenvalue weighted by atomic mass is 10.2. The number of rotatable bonds is 4. The fraction of sp³-hybridized carbons (Fsp3) is 0.600. The highest BCUT2D eigenvalue weighted by Crippen LogP contribution is 2.11. The topological polar surface area (TPSA) is 46.9 Å². The van der Waals surface area contributed by atoms with E-state index in [9.17, 15) is 4.79 Å². The van der Waals surface area contributed by atoms with Crippen LogP contribution in [0.2, 0.25) is 0 Å². The highest BCUT2D eigenvalue weighted by molar-refractivity contribution is 14.1. The molecule has 0 atom stereocenters. The molecule has 1 N–H and O–H groups in total. The summed E-state index contributed by atoms with van der Waals surface area (Å²) in [5.74, 6) is -0.0112. The van der Waals surface area contributed by atoms with Gasteiger partial charge in [-0.2, -0.15) is 5.10 Å². The number of nitrogens with zero attached hydrogens (tertiary/aromatic N) is 2.